The number of carbonyl (C=O) groups is 1. The number of hydrogen-bond donors (Lipinski definition) is 1. The summed E-state index contributed by atoms with van der Waals surface area (Å²) < 4.78 is 0. The Morgan fingerprint density at radius 2 is 2.06 bits per heavy atom. The lowest BCUT2D eigenvalue weighted by Gasteiger charge is -2.19. The van der Waals surface area contributed by atoms with Gasteiger partial charge in [0, 0.05) is 24.7 Å². The van der Waals surface area contributed by atoms with Crippen LogP contribution in [0, 0.1) is 0 Å². The summed E-state index contributed by atoms with van der Waals surface area (Å²) in [6, 6.07) is 7.61. The van der Waals surface area contributed by atoms with E-state index in [2.05, 4.69) is 16.0 Å². The molecule has 2 heterocycles. The summed E-state index contributed by atoms with van der Waals surface area (Å²) in [6.07, 6.45) is 3.86. The molecule has 1 saturated heterocycles. The molecule has 0 unspecified atom stereocenters. The number of nitrogens with zero attached hydrogens (tertiary/aromatic N) is 2. The normalized spacial score (nSPS) is 15.2. The van der Waals surface area contributed by atoms with Gasteiger partial charge in [0.25, 0.3) is 0 Å². The second kappa shape index (κ2) is 4.29. The van der Waals surface area contributed by atoms with Crippen molar-refractivity contribution < 1.29 is 9.90 Å². The summed E-state index contributed by atoms with van der Waals surface area (Å²) in [5.74, 6) is -0.934. The lowest BCUT2D eigenvalue weighted by Crippen LogP contribution is -2.18. The molecule has 1 N–H and O–H groups in total. The Bertz CT molecular complexity index is 604. The highest BCUT2D eigenvalue weighted by Gasteiger charge is 2.16. The maximum atomic E-state index is 10.9. The largest absolute Gasteiger partial charge is 0.478 e. The Labute approximate surface area is 105 Å². The molecule has 1 fully saturated rings. The topological polar surface area (TPSA) is 53.4 Å². The third-order valence-electron chi connectivity index (χ3n) is 3.38. The Hall–Kier alpha value is -2.10. The zero-order valence-electron chi connectivity index (χ0n) is 9.97. The predicted molar refractivity (Wildman–Crippen MR) is 70.1 cm³/mol. The van der Waals surface area contributed by atoms with Crippen LogP contribution in [0.4, 0.5) is 5.69 Å². The highest BCUT2D eigenvalue weighted by molar-refractivity contribution is 5.96. The number of rotatable bonds is 2. The van der Waals surface area contributed by atoms with Crippen molar-refractivity contribution in [3.63, 3.8) is 0 Å². The summed E-state index contributed by atoms with van der Waals surface area (Å²) >= 11 is 0. The van der Waals surface area contributed by atoms with Crippen molar-refractivity contribution in [2.24, 2.45) is 0 Å². The molecule has 3 rings (SSSR count). The molecule has 18 heavy (non-hydrogen) atoms. The predicted octanol–water partition coefficient (Wildman–Crippen LogP) is 2.53. The number of carboxylic acids is 1. The van der Waals surface area contributed by atoms with Crippen molar-refractivity contribution in [1.29, 1.82) is 0 Å². The Balaban J connectivity index is 2.13. The number of benzene rings is 1. The van der Waals surface area contributed by atoms with Crippen LogP contribution in [0.5, 0.6) is 0 Å². The molecular weight excluding hydrogens is 228 g/mol. The first kappa shape index (κ1) is 11.0. The van der Waals surface area contributed by atoms with E-state index < -0.39 is 5.97 Å². The minimum absolute atomic E-state index is 0.237. The fourth-order valence-electron chi connectivity index (χ4n) is 2.47. The highest BCUT2D eigenvalue weighted by Crippen LogP contribution is 2.28. The van der Waals surface area contributed by atoms with Gasteiger partial charge >= 0.3 is 5.97 Å². The SMILES string of the molecule is O=C(O)c1cnc2c(N3CCCC3)cccc2c1. The Morgan fingerprint density at radius 3 is 2.78 bits per heavy atom. The number of carboxylic acid groups (broad SMARTS) is 1. The van der Waals surface area contributed by atoms with E-state index in [9.17, 15) is 4.79 Å². The maximum absolute atomic E-state index is 10.9. The molecule has 0 aliphatic carbocycles. The van der Waals surface area contributed by atoms with E-state index in [-0.39, 0.29) is 5.56 Å². The zero-order chi connectivity index (χ0) is 12.5. The Kier molecular flexibility index (Phi) is 2.63. The molecule has 0 amide bonds. The minimum atomic E-state index is -0.934. The first-order valence-electron chi connectivity index (χ1n) is 6.13. The summed E-state index contributed by atoms with van der Waals surface area (Å²) in [4.78, 5) is 17.6. The molecule has 0 atom stereocenters. The van der Waals surface area contributed by atoms with E-state index in [4.69, 9.17) is 5.11 Å². The summed E-state index contributed by atoms with van der Waals surface area (Å²) in [5.41, 5.74) is 2.24. The van der Waals surface area contributed by atoms with Crippen molar-refractivity contribution >= 4 is 22.6 Å². The van der Waals surface area contributed by atoms with E-state index in [0.29, 0.717) is 0 Å². The number of fused-ring (bicyclic) bond motifs is 1. The van der Waals surface area contributed by atoms with Crippen LogP contribution in [0.25, 0.3) is 10.9 Å². The number of anilines is 1. The average Bonchev–Trinajstić information content (AvgIpc) is 2.91. The molecule has 1 aromatic heterocycles. The zero-order valence-corrected chi connectivity index (χ0v) is 9.97. The van der Waals surface area contributed by atoms with Crippen molar-refractivity contribution in [2.45, 2.75) is 12.8 Å². The second-order valence-corrected chi connectivity index (χ2v) is 4.57. The van der Waals surface area contributed by atoms with Crippen LogP contribution in [0.1, 0.15) is 23.2 Å². The first-order valence-corrected chi connectivity index (χ1v) is 6.13. The van der Waals surface area contributed by atoms with E-state index in [1.807, 2.05) is 12.1 Å². The lowest BCUT2D eigenvalue weighted by molar-refractivity contribution is 0.0696. The van der Waals surface area contributed by atoms with Gasteiger partial charge in [-0.2, -0.15) is 0 Å². The molecule has 0 saturated carbocycles. The van der Waals surface area contributed by atoms with Crippen LogP contribution in [0.15, 0.2) is 30.5 Å². The van der Waals surface area contributed by atoms with Crippen LogP contribution < -0.4 is 4.90 Å². The molecule has 1 aromatic carbocycles. The van der Waals surface area contributed by atoms with Crippen LogP contribution in [0.2, 0.25) is 0 Å². The first-order chi connectivity index (χ1) is 8.75. The van der Waals surface area contributed by atoms with Gasteiger partial charge in [-0.15, -0.1) is 0 Å². The van der Waals surface area contributed by atoms with Crippen LogP contribution in [0.3, 0.4) is 0 Å². The number of hydrogen-bond acceptors (Lipinski definition) is 3. The quantitative estimate of drug-likeness (QED) is 0.879. The van der Waals surface area contributed by atoms with Crippen molar-refractivity contribution in [3.8, 4) is 0 Å². The molecule has 1 aliphatic rings. The van der Waals surface area contributed by atoms with E-state index in [1.165, 1.54) is 19.0 Å². The van der Waals surface area contributed by atoms with Gasteiger partial charge < -0.3 is 10.0 Å². The molecule has 92 valence electrons. The van der Waals surface area contributed by atoms with E-state index in [0.717, 1.165) is 29.7 Å². The maximum Gasteiger partial charge on any atom is 0.337 e. The van der Waals surface area contributed by atoms with Crippen LogP contribution >= 0.6 is 0 Å². The summed E-state index contributed by atoms with van der Waals surface area (Å²) in [5, 5.41) is 9.86. The van der Waals surface area contributed by atoms with Gasteiger partial charge in [0.05, 0.1) is 16.8 Å². The standard InChI is InChI=1S/C14H14N2O2/c17-14(18)11-8-10-4-3-5-12(13(10)15-9-11)16-6-1-2-7-16/h3-5,8-9H,1-2,6-7H2,(H,17,18). The van der Waals surface area contributed by atoms with Gasteiger partial charge in [-0.05, 0) is 25.0 Å². The van der Waals surface area contributed by atoms with Gasteiger partial charge in [0.1, 0.15) is 0 Å². The molecule has 0 radical (unpaired) electrons. The highest BCUT2D eigenvalue weighted by atomic mass is 16.4. The number of aromatic nitrogens is 1. The minimum Gasteiger partial charge on any atom is -0.478 e. The number of aromatic carboxylic acids is 1. The molecule has 0 bridgehead atoms. The fraction of sp³-hybridized carbons (Fsp3) is 0.286. The van der Waals surface area contributed by atoms with Gasteiger partial charge in [0.15, 0.2) is 0 Å². The van der Waals surface area contributed by atoms with Gasteiger partial charge in [-0.1, -0.05) is 12.1 Å². The van der Waals surface area contributed by atoms with E-state index in [1.54, 1.807) is 6.07 Å². The molecule has 4 nitrogen and oxygen atoms in total. The van der Waals surface area contributed by atoms with Gasteiger partial charge in [-0.25, -0.2) is 4.79 Å². The van der Waals surface area contributed by atoms with E-state index >= 15 is 0 Å². The van der Waals surface area contributed by atoms with Crippen LogP contribution in [-0.4, -0.2) is 29.1 Å². The number of pyridine rings is 1. The fourth-order valence-corrected chi connectivity index (χ4v) is 2.47. The summed E-state index contributed by atoms with van der Waals surface area (Å²) in [6.45, 7) is 2.11. The third-order valence-corrected chi connectivity index (χ3v) is 3.38. The Morgan fingerprint density at radius 1 is 1.28 bits per heavy atom. The lowest BCUT2D eigenvalue weighted by atomic mass is 10.1. The van der Waals surface area contributed by atoms with Gasteiger partial charge in [0.2, 0.25) is 0 Å². The monoisotopic (exact) mass is 242 g/mol. The molecule has 1 aliphatic heterocycles. The van der Waals surface area contributed by atoms with Gasteiger partial charge in [-0.3, -0.25) is 4.98 Å². The second-order valence-electron chi connectivity index (χ2n) is 4.57. The third kappa shape index (κ3) is 1.79. The molecule has 4 heteroatoms. The van der Waals surface area contributed by atoms with Crippen molar-refractivity contribution in [3.05, 3.63) is 36.0 Å². The summed E-state index contributed by atoms with van der Waals surface area (Å²) in [7, 11) is 0. The van der Waals surface area contributed by atoms with Crippen LogP contribution in [-0.2, 0) is 0 Å². The molecule has 0 spiro atoms. The smallest absolute Gasteiger partial charge is 0.337 e. The molecule has 2 aromatic rings. The van der Waals surface area contributed by atoms with Crippen molar-refractivity contribution in [1.82, 2.24) is 4.98 Å². The van der Waals surface area contributed by atoms with Crippen molar-refractivity contribution in [2.75, 3.05) is 18.0 Å². The number of para-hydroxylation sites is 1. The average molecular weight is 242 g/mol. The molecular formula is C14H14N2O2.